The monoisotopic (exact) mass is 277 g/mol. The van der Waals surface area contributed by atoms with Crippen LogP contribution in [0.25, 0.3) is 0 Å². The van der Waals surface area contributed by atoms with Crippen molar-refractivity contribution in [1.82, 2.24) is 0 Å². The van der Waals surface area contributed by atoms with Crippen molar-refractivity contribution in [3.05, 3.63) is 0 Å². The Labute approximate surface area is 116 Å². The highest BCUT2D eigenvalue weighted by atomic mass is 35.5. The Morgan fingerprint density at radius 3 is 2.06 bits per heavy atom. The minimum Gasteiger partial charge on any atom is -0.288 e. The van der Waals surface area contributed by atoms with Crippen molar-refractivity contribution in [2.45, 2.75) is 70.7 Å². The van der Waals surface area contributed by atoms with E-state index >= 15 is 0 Å². The molecule has 0 aliphatic heterocycles. The molecule has 1 saturated carbocycles. The van der Waals surface area contributed by atoms with Crippen molar-refractivity contribution in [2.24, 2.45) is 16.3 Å². The molecule has 0 heterocycles. The van der Waals surface area contributed by atoms with Gasteiger partial charge in [-0.2, -0.15) is 0 Å². The molecule has 1 aliphatic carbocycles. The molecule has 1 fully saturated rings. The minimum atomic E-state index is -0.467. The second-order valence-electron chi connectivity index (χ2n) is 6.23. The molecule has 0 bridgehead atoms. The molecule has 1 rings (SSSR count). The van der Waals surface area contributed by atoms with Gasteiger partial charge in [-0.25, -0.2) is 0 Å². The molecule has 1 nitrogen and oxygen atoms in total. The Morgan fingerprint density at radius 1 is 1.12 bits per heavy atom. The molecular formula is C14H25Cl2N. The quantitative estimate of drug-likeness (QED) is 0.494. The van der Waals surface area contributed by atoms with E-state index in [9.17, 15) is 0 Å². The smallest absolute Gasteiger partial charge is 0.145 e. The third-order valence-electron chi connectivity index (χ3n) is 3.87. The summed E-state index contributed by atoms with van der Waals surface area (Å²) in [6.45, 7) is 8.82. The first-order valence-corrected chi connectivity index (χ1v) is 7.55. The third kappa shape index (κ3) is 4.79. The highest BCUT2D eigenvalue weighted by Crippen LogP contribution is 2.31. The normalized spacial score (nSPS) is 21.9. The lowest BCUT2D eigenvalue weighted by Crippen LogP contribution is -2.31. The third-order valence-corrected chi connectivity index (χ3v) is 4.32. The van der Waals surface area contributed by atoms with Gasteiger partial charge in [0, 0.05) is 17.7 Å². The molecule has 0 saturated heterocycles. The molecule has 100 valence electrons. The van der Waals surface area contributed by atoms with Gasteiger partial charge in [0.15, 0.2) is 0 Å². The maximum Gasteiger partial charge on any atom is 0.145 e. The highest BCUT2D eigenvalue weighted by Gasteiger charge is 2.29. The van der Waals surface area contributed by atoms with E-state index in [4.69, 9.17) is 28.2 Å². The number of rotatable bonds is 3. The molecule has 1 aliphatic rings. The van der Waals surface area contributed by atoms with Crippen LogP contribution in [-0.2, 0) is 0 Å². The largest absolute Gasteiger partial charge is 0.288 e. The minimum absolute atomic E-state index is 0.162. The Bertz CT molecular complexity index is 260. The van der Waals surface area contributed by atoms with Crippen LogP contribution < -0.4 is 0 Å². The molecule has 1 atom stereocenters. The lowest BCUT2D eigenvalue weighted by Gasteiger charge is -2.31. The Kier molecular flexibility index (Phi) is 5.79. The van der Waals surface area contributed by atoms with Crippen LogP contribution in [0.5, 0.6) is 0 Å². The first-order chi connectivity index (χ1) is 7.82. The van der Waals surface area contributed by atoms with Crippen molar-refractivity contribution in [2.75, 3.05) is 0 Å². The molecule has 17 heavy (non-hydrogen) atoms. The summed E-state index contributed by atoms with van der Waals surface area (Å²) in [4.78, 5) is 4.39. The summed E-state index contributed by atoms with van der Waals surface area (Å²) in [5.41, 5.74) is 1.14. The first kappa shape index (κ1) is 15.3. The first-order valence-electron chi connectivity index (χ1n) is 6.68. The molecule has 1 unspecified atom stereocenters. The summed E-state index contributed by atoms with van der Waals surface area (Å²) < 4.78 is 0. The fraction of sp³-hybridized carbons (Fsp3) is 0.929. The van der Waals surface area contributed by atoms with E-state index in [1.54, 1.807) is 0 Å². The van der Waals surface area contributed by atoms with E-state index < -0.39 is 4.84 Å². The van der Waals surface area contributed by atoms with E-state index in [2.05, 4.69) is 27.7 Å². The summed E-state index contributed by atoms with van der Waals surface area (Å²) in [6.07, 6.45) is 6.32. The van der Waals surface area contributed by atoms with Gasteiger partial charge in [0.05, 0.1) is 0 Å². The van der Waals surface area contributed by atoms with Gasteiger partial charge in [-0.1, -0.05) is 70.2 Å². The van der Waals surface area contributed by atoms with Crippen molar-refractivity contribution in [3.63, 3.8) is 0 Å². The summed E-state index contributed by atoms with van der Waals surface area (Å²) >= 11 is 12.2. The molecule has 0 aromatic carbocycles. The fourth-order valence-corrected chi connectivity index (χ4v) is 2.71. The predicted molar refractivity (Wildman–Crippen MR) is 78.4 cm³/mol. The van der Waals surface area contributed by atoms with Crippen LogP contribution in [0, 0.1) is 11.3 Å². The van der Waals surface area contributed by atoms with Crippen LogP contribution in [0.15, 0.2) is 4.99 Å². The van der Waals surface area contributed by atoms with E-state index in [1.807, 2.05) is 0 Å². The van der Waals surface area contributed by atoms with Crippen LogP contribution in [0.4, 0.5) is 0 Å². The van der Waals surface area contributed by atoms with Gasteiger partial charge < -0.3 is 0 Å². The molecule has 0 aromatic heterocycles. The van der Waals surface area contributed by atoms with Crippen molar-refractivity contribution in [1.29, 1.82) is 0 Å². The van der Waals surface area contributed by atoms with Crippen LogP contribution in [0.2, 0.25) is 0 Å². The lowest BCUT2D eigenvalue weighted by molar-refractivity contribution is 0.329. The highest BCUT2D eigenvalue weighted by molar-refractivity contribution is 6.54. The fourth-order valence-electron chi connectivity index (χ4n) is 2.22. The van der Waals surface area contributed by atoms with Crippen LogP contribution in [-0.4, -0.2) is 16.6 Å². The second kappa shape index (κ2) is 6.43. The number of aliphatic imine (C=N–C) groups is 1. The summed E-state index contributed by atoms with van der Waals surface area (Å²) in [5, 5.41) is 0. The summed E-state index contributed by atoms with van der Waals surface area (Å²) in [7, 11) is 0. The van der Waals surface area contributed by atoms with Crippen LogP contribution in [0.1, 0.15) is 59.8 Å². The maximum absolute atomic E-state index is 6.10. The number of hydrogen-bond acceptors (Lipinski definition) is 1. The topological polar surface area (TPSA) is 12.4 Å². The number of nitrogens with zero attached hydrogens (tertiary/aromatic N) is 1. The lowest BCUT2D eigenvalue weighted by atomic mass is 9.79. The zero-order valence-electron chi connectivity index (χ0n) is 11.5. The van der Waals surface area contributed by atoms with E-state index in [0.717, 1.165) is 5.71 Å². The molecule has 3 heteroatoms. The molecule has 0 spiro atoms. The van der Waals surface area contributed by atoms with Crippen molar-refractivity contribution in [3.8, 4) is 0 Å². The van der Waals surface area contributed by atoms with Gasteiger partial charge in [0.25, 0.3) is 0 Å². The molecule has 0 radical (unpaired) electrons. The average molecular weight is 278 g/mol. The van der Waals surface area contributed by atoms with Gasteiger partial charge in [-0.15, -0.1) is 0 Å². The van der Waals surface area contributed by atoms with Gasteiger partial charge in [0.1, 0.15) is 4.84 Å². The predicted octanol–water partition coefficient (Wildman–Crippen LogP) is 5.25. The SMILES string of the molecule is CC(C(=NC1CCCCC1)C(Cl)Cl)C(C)(C)C. The molecular weight excluding hydrogens is 253 g/mol. The van der Waals surface area contributed by atoms with Gasteiger partial charge in [-0.3, -0.25) is 4.99 Å². The summed E-state index contributed by atoms with van der Waals surface area (Å²) in [6, 6.07) is 0.448. The number of halogens is 2. The maximum atomic E-state index is 6.10. The molecule has 0 aromatic rings. The molecule has 0 amide bonds. The second-order valence-corrected chi connectivity index (χ2v) is 7.33. The average Bonchev–Trinajstić information content (AvgIpc) is 2.24. The zero-order valence-corrected chi connectivity index (χ0v) is 13.0. The summed E-state index contributed by atoms with van der Waals surface area (Å²) in [5.74, 6) is 0.324. The Morgan fingerprint density at radius 2 is 1.65 bits per heavy atom. The van der Waals surface area contributed by atoms with Gasteiger partial charge in [-0.05, 0) is 18.3 Å². The Balaban J connectivity index is 2.80. The number of hydrogen-bond donors (Lipinski definition) is 0. The van der Waals surface area contributed by atoms with Gasteiger partial charge in [0.2, 0.25) is 0 Å². The van der Waals surface area contributed by atoms with E-state index in [1.165, 1.54) is 32.1 Å². The number of alkyl halides is 2. The van der Waals surface area contributed by atoms with Crippen LogP contribution >= 0.6 is 23.2 Å². The Hall–Kier alpha value is 0.250. The zero-order chi connectivity index (χ0) is 13.1. The van der Waals surface area contributed by atoms with Gasteiger partial charge >= 0.3 is 0 Å². The molecule has 0 N–H and O–H groups in total. The van der Waals surface area contributed by atoms with Crippen LogP contribution in [0.3, 0.4) is 0 Å². The van der Waals surface area contributed by atoms with Crippen molar-refractivity contribution >= 4 is 28.9 Å². The van der Waals surface area contributed by atoms with Crippen molar-refractivity contribution < 1.29 is 0 Å². The van der Waals surface area contributed by atoms with E-state index in [0.29, 0.717) is 12.0 Å². The van der Waals surface area contributed by atoms with E-state index in [-0.39, 0.29) is 5.41 Å². The standard InChI is InChI=1S/C14H25Cl2N/c1-10(14(2,3)4)12(13(15)16)17-11-8-6-5-7-9-11/h10-11,13H,5-9H2,1-4H3.